The second-order valence-corrected chi connectivity index (χ2v) is 4.39. The fourth-order valence-electron chi connectivity index (χ4n) is 1.74. The SMILES string of the molecule is CCCCCCCN(C)CC(N)COC. The maximum atomic E-state index is 5.87. The summed E-state index contributed by atoms with van der Waals surface area (Å²) in [7, 11) is 3.83. The van der Waals surface area contributed by atoms with E-state index in [1.807, 2.05) is 0 Å². The van der Waals surface area contributed by atoms with Gasteiger partial charge in [-0.15, -0.1) is 0 Å². The minimum absolute atomic E-state index is 0.149. The highest BCUT2D eigenvalue weighted by molar-refractivity contribution is 4.64. The topological polar surface area (TPSA) is 38.5 Å². The predicted molar refractivity (Wildman–Crippen MR) is 66.1 cm³/mol. The zero-order valence-corrected chi connectivity index (χ0v) is 10.7. The lowest BCUT2D eigenvalue weighted by Gasteiger charge is -2.20. The lowest BCUT2D eigenvalue weighted by molar-refractivity contribution is 0.161. The molecule has 0 aromatic rings. The monoisotopic (exact) mass is 216 g/mol. The van der Waals surface area contributed by atoms with Gasteiger partial charge in [-0.1, -0.05) is 32.6 Å². The van der Waals surface area contributed by atoms with Crippen LogP contribution in [-0.2, 0) is 4.74 Å². The van der Waals surface area contributed by atoms with Crippen molar-refractivity contribution in [1.82, 2.24) is 4.90 Å². The summed E-state index contributed by atoms with van der Waals surface area (Å²) in [6.45, 7) is 4.98. The summed E-state index contributed by atoms with van der Waals surface area (Å²) < 4.78 is 5.01. The Labute approximate surface area is 95.0 Å². The van der Waals surface area contributed by atoms with E-state index >= 15 is 0 Å². The van der Waals surface area contributed by atoms with Crippen LogP contribution in [0.1, 0.15) is 39.0 Å². The van der Waals surface area contributed by atoms with Gasteiger partial charge in [0.1, 0.15) is 0 Å². The second-order valence-electron chi connectivity index (χ2n) is 4.39. The van der Waals surface area contributed by atoms with Crippen molar-refractivity contribution in [3.63, 3.8) is 0 Å². The van der Waals surface area contributed by atoms with Gasteiger partial charge >= 0.3 is 0 Å². The number of likely N-dealkylation sites (N-methyl/N-ethyl adjacent to an activating group) is 1. The van der Waals surface area contributed by atoms with E-state index in [0.29, 0.717) is 6.61 Å². The maximum absolute atomic E-state index is 5.87. The van der Waals surface area contributed by atoms with Crippen molar-refractivity contribution in [1.29, 1.82) is 0 Å². The van der Waals surface area contributed by atoms with Crippen molar-refractivity contribution in [3.05, 3.63) is 0 Å². The summed E-state index contributed by atoms with van der Waals surface area (Å²) in [6.07, 6.45) is 6.68. The molecule has 0 aliphatic rings. The Kier molecular flexibility index (Phi) is 10.3. The lowest BCUT2D eigenvalue weighted by Crippen LogP contribution is -2.38. The van der Waals surface area contributed by atoms with Gasteiger partial charge in [-0.25, -0.2) is 0 Å². The van der Waals surface area contributed by atoms with Gasteiger partial charge in [-0.05, 0) is 20.0 Å². The first-order valence-corrected chi connectivity index (χ1v) is 6.13. The van der Waals surface area contributed by atoms with Gasteiger partial charge in [-0.2, -0.15) is 0 Å². The molecule has 3 nitrogen and oxygen atoms in total. The van der Waals surface area contributed by atoms with E-state index in [2.05, 4.69) is 18.9 Å². The zero-order valence-electron chi connectivity index (χ0n) is 10.7. The quantitative estimate of drug-likeness (QED) is 0.567. The van der Waals surface area contributed by atoms with Crippen molar-refractivity contribution in [2.75, 3.05) is 33.9 Å². The molecule has 0 saturated carbocycles. The maximum Gasteiger partial charge on any atom is 0.0626 e. The smallest absolute Gasteiger partial charge is 0.0626 e. The van der Waals surface area contributed by atoms with E-state index < -0.39 is 0 Å². The van der Waals surface area contributed by atoms with Crippen LogP contribution in [0.25, 0.3) is 0 Å². The molecule has 0 amide bonds. The van der Waals surface area contributed by atoms with Crippen molar-refractivity contribution in [2.24, 2.45) is 5.73 Å². The Hall–Kier alpha value is -0.120. The standard InChI is InChI=1S/C12H28N2O/c1-4-5-6-7-8-9-14(2)10-12(13)11-15-3/h12H,4-11,13H2,1-3H3. The van der Waals surface area contributed by atoms with Crippen molar-refractivity contribution >= 4 is 0 Å². The molecule has 1 atom stereocenters. The van der Waals surface area contributed by atoms with Gasteiger partial charge in [0, 0.05) is 19.7 Å². The zero-order chi connectivity index (χ0) is 11.5. The van der Waals surface area contributed by atoms with E-state index in [0.717, 1.165) is 13.1 Å². The molecule has 15 heavy (non-hydrogen) atoms. The Morgan fingerprint density at radius 2 is 1.87 bits per heavy atom. The number of rotatable bonds is 10. The normalized spacial score (nSPS) is 13.4. The number of hydrogen-bond acceptors (Lipinski definition) is 3. The molecule has 92 valence electrons. The predicted octanol–water partition coefficient (Wildman–Crippen LogP) is 1.86. The van der Waals surface area contributed by atoms with Crippen molar-refractivity contribution in [2.45, 2.75) is 45.1 Å². The van der Waals surface area contributed by atoms with Crippen molar-refractivity contribution < 1.29 is 4.74 Å². The number of hydrogen-bond donors (Lipinski definition) is 1. The third kappa shape index (κ3) is 10.2. The van der Waals surface area contributed by atoms with Crippen LogP contribution in [0.4, 0.5) is 0 Å². The summed E-state index contributed by atoms with van der Waals surface area (Å²) in [5.41, 5.74) is 5.87. The highest BCUT2D eigenvalue weighted by atomic mass is 16.5. The first-order valence-electron chi connectivity index (χ1n) is 6.13. The molecule has 0 fully saturated rings. The van der Waals surface area contributed by atoms with Crippen LogP contribution in [-0.4, -0.2) is 44.8 Å². The Morgan fingerprint density at radius 3 is 2.47 bits per heavy atom. The number of nitrogens with zero attached hydrogens (tertiary/aromatic N) is 1. The summed E-state index contributed by atoms with van der Waals surface area (Å²) in [5, 5.41) is 0. The Balaban J connectivity index is 3.28. The van der Waals surface area contributed by atoms with Crippen LogP contribution in [0.5, 0.6) is 0 Å². The summed E-state index contributed by atoms with van der Waals surface area (Å²) in [6, 6.07) is 0.149. The Morgan fingerprint density at radius 1 is 1.20 bits per heavy atom. The molecule has 0 aromatic heterocycles. The summed E-state index contributed by atoms with van der Waals surface area (Å²) >= 11 is 0. The number of unbranched alkanes of at least 4 members (excludes halogenated alkanes) is 4. The molecule has 2 N–H and O–H groups in total. The average molecular weight is 216 g/mol. The van der Waals surface area contributed by atoms with Gasteiger partial charge in [0.05, 0.1) is 6.61 Å². The van der Waals surface area contributed by atoms with Crippen LogP contribution in [0, 0.1) is 0 Å². The van der Waals surface area contributed by atoms with Gasteiger partial charge < -0.3 is 15.4 Å². The molecule has 0 aromatic carbocycles. The van der Waals surface area contributed by atoms with Crippen LogP contribution < -0.4 is 5.73 Å². The third-order valence-electron chi connectivity index (χ3n) is 2.57. The molecule has 0 heterocycles. The largest absolute Gasteiger partial charge is 0.383 e. The van der Waals surface area contributed by atoms with E-state index in [4.69, 9.17) is 10.5 Å². The summed E-state index contributed by atoms with van der Waals surface area (Å²) in [4.78, 5) is 2.30. The second kappa shape index (κ2) is 10.4. The van der Waals surface area contributed by atoms with E-state index in [-0.39, 0.29) is 6.04 Å². The molecule has 0 rings (SSSR count). The fraction of sp³-hybridized carbons (Fsp3) is 1.00. The first-order chi connectivity index (χ1) is 7.20. The van der Waals surface area contributed by atoms with Crippen LogP contribution in [0.15, 0.2) is 0 Å². The number of nitrogens with two attached hydrogens (primary N) is 1. The van der Waals surface area contributed by atoms with E-state index in [1.165, 1.54) is 32.1 Å². The van der Waals surface area contributed by atoms with Crippen LogP contribution in [0.2, 0.25) is 0 Å². The molecule has 0 radical (unpaired) electrons. The van der Waals surface area contributed by atoms with Crippen molar-refractivity contribution in [3.8, 4) is 0 Å². The Bertz CT molecular complexity index is 131. The highest BCUT2D eigenvalue weighted by Gasteiger charge is 2.05. The molecule has 0 aliphatic heterocycles. The highest BCUT2D eigenvalue weighted by Crippen LogP contribution is 2.03. The third-order valence-corrected chi connectivity index (χ3v) is 2.57. The number of ether oxygens (including phenoxy) is 1. The lowest BCUT2D eigenvalue weighted by atomic mass is 10.1. The molecular formula is C12H28N2O. The fourth-order valence-corrected chi connectivity index (χ4v) is 1.74. The van der Waals surface area contributed by atoms with Gasteiger partial charge in [-0.3, -0.25) is 0 Å². The van der Waals surface area contributed by atoms with E-state index in [1.54, 1.807) is 7.11 Å². The minimum atomic E-state index is 0.149. The molecule has 0 bridgehead atoms. The van der Waals surface area contributed by atoms with Gasteiger partial charge in [0.25, 0.3) is 0 Å². The first kappa shape index (κ1) is 14.9. The van der Waals surface area contributed by atoms with Gasteiger partial charge in [0.2, 0.25) is 0 Å². The van der Waals surface area contributed by atoms with Gasteiger partial charge in [0.15, 0.2) is 0 Å². The molecule has 3 heteroatoms. The minimum Gasteiger partial charge on any atom is -0.383 e. The van der Waals surface area contributed by atoms with E-state index in [9.17, 15) is 0 Å². The van der Waals surface area contributed by atoms with Crippen LogP contribution in [0.3, 0.4) is 0 Å². The summed E-state index contributed by atoms with van der Waals surface area (Å²) in [5.74, 6) is 0. The molecule has 0 aliphatic carbocycles. The molecule has 0 spiro atoms. The molecular weight excluding hydrogens is 188 g/mol. The molecule has 1 unspecified atom stereocenters. The average Bonchev–Trinajstić information content (AvgIpc) is 2.17. The number of methoxy groups -OCH3 is 1. The van der Waals surface area contributed by atoms with Crippen LogP contribution >= 0.6 is 0 Å². The molecule has 0 saturated heterocycles.